The number of hydrogen-bond donors (Lipinski definition) is 0. The normalized spacial score (nSPS) is 12.5. The van der Waals surface area contributed by atoms with Crippen molar-refractivity contribution in [2.75, 3.05) is 0 Å². The van der Waals surface area contributed by atoms with Crippen LogP contribution in [0.15, 0.2) is 36.4 Å². The minimum atomic E-state index is -4.99. The summed E-state index contributed by atoms with van der Waals surface area (Å²) in [5.74, 6) is -3.09. The monoisotopic (exact) mass is 326 g/mol. The molecule has 0 aliphatic rings. The molecule has 8 heteroatoms. The molecule has 2 rings (SSSR count). The van der Waals surface area contributed by atoms with Crippen LogP contribution in [0.5, 0.6) is 0 Å². The molecule has 0 aromatic heterocycles. The molecule has 118 valence electrons. The Morgan fingerprint density at radius 3 is 1.14 bits per heavy atom. The van der Waals surface area contributed by atoms with Gasteiger partial charge in [0.1, 0.15) is 11.6 Å². The van der Waals surface area contributed by atoms with Crippen molar-refractivity contribution in [1.82, 2.24) is 0 Å². The molecule has 0 atom stereocenters. The van der Waals surface area contributed by atoms with Crippen LogP contribution in [0.1, 0.15) is 11.1 Å². The fourth-order valence-electron chi connectivity index (χ4n) is 1.84. The molecule has 0 saturated heterocycles. The third kappa shape index (κ3) is 3.20. The third-order valence-electron chi connectivity index (χ3n) is 2.88. The third-order valence-corrected chi connectivity index (χ3v) is 2.88. The van der Waals surface area contributed by atoms with E-state index in [1.165, 1.54) is 0 Å². The Morgan fingerprint density at radius 1 is 0.545 bits per heavy atom. The predicted octanol–water partition coefficient (Wildman–Crippen LogP) is 5.67. The maximum atomic E-state index is 13.2. The fraction of sp³-hybridized carbons (Fsp3) is 0.143. The quantitative estimate of drug-likeness (QED) is 0.592. The highest BCUT2D eigenvalue weighted by Gasteiger charge is 2.36. The second-order valence-electron chi connectivity index (χ2n) is 4.38. The van der Waals surface area contributed by atoms with Crippen LogP contribution in [0.25, 0.3) is 11.1 Å². The van der Waals surface area contributed by atoms with Crippen molar-refractivity contribution in [2.45, 2.75) is 12.4 Å². The van der Waals surface area contributed by atoms with Crippen LogP contribution >= 0.6 is 0 Å². The number of hydrogen-bond acceptors (Lipinski definition) is 0. The number of benzene rings is 2. The molecule has 0 aliphatic carbocycles. The van der Waals surface area contributed by atoms with Gasteiger partial charge in [0.05, 0.1) is 11.1 Å². The van der Waals surface area contributed by atoms with E-state index >= 15 is 0 Å². The van der Waals surface area contributed by atoms with E-state index in [0.717, 1.165) is 12.1 Å². The van der Waals surface area contributed by atoms with E-state index in [1.54, 1.807) is 0 Å². The van der Waals surface area contributed by atoms with Crippen LogP contribution < -0.4 is 0 Å². The first-order valence-corrected chi connectivity index (χ1v) is 5.74. The van der Waals surface area contributed by atoms with Gasteiger partial charge in [-0.2, -0.15) is 26.3 Å². The molecule has 22 heavy (non-hydrogen) atoms. The SMILES string of the molecule is Fc1ccc(-c2ccc(F)c(C(F)(F)F)c2)cc1C(F)(F)F. The van der Waals surface area contributed by atoms with Crippen LogP contribution in [0.4, 0.5) is 35.1 Å². The van der Waals surface area contributed by atoms with Gasteiger partial charge in [-0.25, -0.2) is 8.78 Å². The molecule has 0 heterocycles. The van der Waals surface area contributed by atoms with Crippen molar-refractivity contribution in [3.05, 3.63) is 59.2 Å². The summed E-state index contributed by atoms with van der Waals surface area (Å²) in [4.78, 5) is 0. The maximum absolute atomic E-state index is 13.2. The summed E-state index contributed by atoms with van der Waals surface area (Å²) in [6.45, 7) is 0. The second kappa shape index (κ2) is 5.26. The van der Waals surface area contributed by atoms with E-state index in [1.807, 2.05) is 0 Å². The van der Waals surface area contributed by atoms with Crippen molar-refractivity contribution in [3.63, 3.8) is 0 Å². The lowest BCUT2D eigenvalue weighted by atomic mass is 10.00. The Bertz CT molecular complexity index is 635. The van der Waals surface area contributed by atoms with Gasteiger partial charge in [0.15, 0.2) is 0 Å². The van der Waals surface area contributed by atoms with E-state index < -0.39 is 35.1 Å². The summed E-state index contributed by atoms with van der Waals surface area (Å²) in [5, 5.41) is 0. The lowest BCUT2D eigenvalue weighted by Crippen LogP contribution is -2.09. The van der Waals surface area contributed by atoms with Crippen molar-refractivity contribution < 1.29 is 35.1 Å². The molecule has 0 aliphatic heterocycles. The zero-order chi connectivity index (χ0) is 16.7. The minimum absolute atomic E-state index is 0.306. The zero-order valence-electron chi connectivity index (χ0n) is 10.5. The first-order chi connectivity index (χ1) is 10.00. The van der Waals surface area contributed by atoms with Gasteiger partial charge >= 0.3 is 12.4 Å². The van der Waals surface area contributed by atoms with Gasteiger partial charge in [0.2, 0.25) is 0 Å². The lowest BCUT2D eigenvalue weighted by Gasteiger charge is -2.12. The molecule has 2 aromatic rings. The summed E-state index contributed by atoms with van der Waals surface area (Å²) in [5.41, 5.74) is -3.83. The molecule has 0 spiro atoms. The van der Waals surface area contributed by atoms with E-state index in [4.69, 9.17) is 0 Å². The Morgan fingerprint density at radius 2 is 0.864 bits per heavy atom. The van der Waals surface area contributed by atoms with E-state index in [0.29, 0.717) is 24.3 Å². The smallest absolute Gasteiger partial charge is 0.206 e. The van der Waals surface area contributed by atoms with E-state index in [2.05, 4.69) is 0 Å². The largest absolute Gasteiger partial charge is 0.419 e. The van der Waals surface area contributed by atoms with Crippen LogP contribution in [-0.4, -0.2) is 0 Å². The average molecular weight is 326 g/mol. The van der Waals surface area contributed by atoms with Gasteiger partial charge in [-0.05, 0) is 35.4 Å². The Hall–Kier alpha value is -2.12. The van der Waals surface area contributed by atoms with Crippen LogP contribution in [0, 0.1) is 11.6 Å². The van der Waals surface area contributed by atoms with Crippen molar-refractivity contribution >= 4 is 0 Å². The highest BCUT2D eigenvalue weighted by molar-refractivity contribution is 5.65. The first kappa shape index (κ1) is 16.3. The fourth-order valence-corrected chi connectivity index (χ4v) is 1.84. The summed E-state index contributed by atoms with van der Waals surface area (Å²) in [6.07, 6.45) is -9.99. The average Bonchev–Trinajstić information content (AvgIpc) is 2.37. The molecular weight excluding hydrogens is 320 g/mol. The van der Waals surface area contributed by atoms with Gasteiger partial charge < -0.3 is 0 Å². The van der Waals surface area contributed by atoms with Gasteiger partial charge in [0.25, 0.3) is 0 Å². The lowest BCUT2D eigenvalue weighted by molar-refractivity contribution is -0.140. The molecule has 0 unspecified atom stereocenters. The minimum Gasteiger partial charge on any atom is -0.206 e. The zero-order valence-corrected chi connectivity index (χ0v) is 10.5. The van der Waals surface area contributed by atoms with Gasteiger partial charge in [-0.3, -0.25) is 0 Å². The molecule has 0 amide bonds. The van der Waals surface area contributed by atoms with Crippen molar-refractivity contribution in [3.8, 4) is 11.1 Å². The topological polar surface area (TPSA) is 0 Å². The van der Waals surface area contributed by atoms with Gasteiger partial charge in [-0.15, -0.1) is 0 Å². The summed E-state index contributed by atoms with van der Waals surface area (Å²) in [7, 11) is 0. The highest BCUT2D eigenvalue weighted by atomic mass is 19.4. The highest BCUT2D eigenvalue weighted by Crippen LogP contribution is 2.37. The van der Waals surface area contributed by atoms with E-state index in [-0.39, 0.29) is 11.1 Å². The molecule has 0 N–H and O–H groups in total. The molecule has 0 nitrogen and oxygen atoms in total. The Balaban J connectivity index is 2.59. The van der Waals surface area contributed by atoms with Crippen molar-refractivity contribution in [2.24, 2.45) is 0 Å². The maximum Gasteiger partial charge on any atom is 0.419 e. The Labute approximate surface area is 119 Å². The number of alkyl halides is 6. The molecule has 0 saturated carbocycles. The van der Waals surface area contributed by atoms with Crippen molar-refractivity contribution in [1.29, 1.82) is 0 Å². The summed E-state index contributed by atoms with van der Waals surface area (Å²) >= 11 is 0. The summed E-state index contributed by atoms with van der Waals surface area (Å²) < 4.78 is 102. The first-order valence-electron chi connectivity index (χ1n) is 5.74. The molecular formula is C14H6F8. The van der Waals surface area contributed by atoms with Gasteiger partial charge in [-0.1, -0.05) is 12.1 Å². The number of rotatable bonds is 1. The molecule has 2 aromatic carbocycles. The molecule has 0 radical (unpaired) electrons. The van der Waals surface area contributed by atoms with Crippen LogP contribution in [0.3, 0.4) is 0 Å². The molecule has 0 bridgehead atoms. The van der Waals surface area contributed by atoms with Gasteiger partial charge in [0, 0.05) is 0 Å². The summed E-state index contributed by atoms with van der Waals surface area (Å²) in [6, 6.07) is 3.52. The number of halogens is 8. The predicted molar refractivity (Wildman–Crippen MR) is 61.8 cm³/mol. The molecule has 0 fully saturated rings. The Kier molecular flexibility index (Phi) is 3.88. The second-order valence-corrected chi connectivity index (χ2v) is 4.38. The standard InChI is InChI=1S/C14H6F8/c15-11-3-1-7(5-9(11)13(17,18)19)8-2-4-12(16)10(6-8)14(20,21)22/h1-6H. The van der Waals surface area contributed by atoms with Crippen LogP contribution in [0.2, 0.25) is 0 Å². The van der Waals surface area contributed by atoms with E-state index in [9.17, 15) is 35.1 Å². The van der Waals surface area contributed by atoms with Crippen LogP contribution in [-0.2, 0) is 12.4 Å².